The van der Waals surface area contributed by atoms with Crippen LogP contribution in [0.1, 0.15) is 50.5 Å². The van der Waals surface area contributed by atoms with Crippen molar-refractivity contribution in [1.29, 1.82) is 0 Å². The fraction of sp³-hybridized carbons (Fsp3) is 0.647. The molecule has 0 radical (unpaired) electrons. The molecular weight excluding hydrogens is 298 g/mol. The molecule has 19 heavy (non-hydrogen) atoms. The van der Waals surface area contributed by atoms with Crippen LogP contribution in [0, 0.1) is 11.3 Å². The third-order valence-electron chi connectivity index (χ3n) is 5.60. The first-order valence-electron chi connectivity index (χ1n) is 7.69. The van der Waals surface area contributed by atoms with Crippen LogP contribution in [0.4, 0.5) is 0 Å². The molecule has 1 aromatic rings. The summed E-state index contributed by atoms with van der Waals surface area (Å²) < 4.78 is 1.29. The zero-order valence-corrected chi connectivity index (χ0v) is 13.4. The van der Waals surface area contributed by atoms with Gasteiger partial charge in [0.15, 0.2) is 0 Å². The molecule has 0 aromatic heterocycles. The molecule has 2 fully saturated rings. The van der Waals surface area contributed by atoms with Crippen molar-refractivity contribution in [1.82, 2.24) is 5.32 Å². The molecular formula is C17H24BrN. The van der Waals surface area contributed by atoms with Gasteiger partial charge in [0.1, 0.15) is 0 Å². The van der Waals surface area contributed by atoms with E-state index in [2.05, 4.69) is 52.4 Å². The van der Waals surface area contributed by atoms with Crippen LogP contribution in [0.25, 0.3) is 0 Å². The van der Waals surface area contributed by atoms with Gasteiger partial charge in [-0.15, -0.1) is 0 Å². The van der Waals surface area contributed by atoms with Crippen LogP contribution in [0.2, 0.25) is 0 Å². The third-order valence-corrected chi connectivity index (χ3v) is 6.32. The lowest BCUT2D eigenvalue weighted by Crippen LogP contribution is -2.48. The number of benzene rings is 1. The molecule has 1 aliphatic carbocycles. The van der Waals surface area contributed by atoms with Crippen molar-refractivity contribution in [2.45, 2.75) is 44.9 Å². The third kappa shape index (κ3) is 2.38. The molecule has 0 amide bonds. The van der Waals surface area contributed by atoms with E-state index in [1.54, 1.807) is 0 Å². The van der Waals surface area contributed by atoms with Crippen LogP contribution in [0.15, 0.2) is 28.7 Å². The molecule has 0 bridgehead atoms. The number of rotatable bonds is 1. The summed E-state index contributed by atoms with van der Waals surface area (Å²) in [5.74, 6) is 1.53. The smallest absolute Gasteiger partial charge is 0.0210 e. The lowest BCUT2D eigenvalue weighted by molar-refractivity contribution is 0.0417. The minimum atomic E-state index is 0.535. The van der Waals surface area contributed by atoms with E-state index in [0.29, 0.717) is 11.3 Å². The maximum absolute atomic E-state index is 3.77. The van der Waals surface area contributed by atoms with Crippen LogP contribution in [-0.2, 0) is 0 Å². The van der Waals surface area contributed by atoms with Gasteiger partial charge in [-0.3, -0.25) is 0 Å². The average Bonchev–Trinajstić information content (AvgIpc) is 2.44. The topological polar surface area (TPSA) is 12.0 Å². The van der Waals surface area contributed by atoms with Crippen LogP contribution >= 0.6 is 15.9 Å². The number of hydrogen-bond donors (Lipinski definition) is 1. The molecule has 2 heteroatoms. The minimum absolute atomic E-state index is 0.535. The minimum Gasteiger partial charge on any atom is -0.316 e. The van der Waals surface area contributed by atoms with Crippen LogP contribution in [0.5, 0.6) is 0 Å². The van der Waals surface area contributed by atoms with Gasteiger partial charge in [0.25, 0.3) is 0 Å². The van der Waals surface area contributed by atoms with E-state index in [9.17, 15) is 0 Å². The zero-order chi connectivity index (χ0) is 13.3. The van der Waals surface area contributed by atoms with Crippen LogP contribution < -0.4 is 5.32 Å². The predicted octanol–water partition coefficient (Wildman–Crippen LogP) is 4.72. The lowest BCUT2D eigenvalue weighted by Gasteiger charge is -2.51. The number of hydrogen-bond acceptors (Lipinski definition) is 1. The highest BCUT2D eigenvalue weighted by Gasteiger charge is 2.46. The van der Waals surface area contributed by atoms with E-state index < -0.39 is 0 Å². The summed E-state index contributed by atoms with van der Waals surface area (Å²) in [6.07, 6.45) is 7.04. The Morgan fingerprint density at radius 1 is 1.21 bits per heavy atom. The lowest BCUT2D eigenvalue weighted by atomic mass is 9.56. The van der Waals surface area contributed by atoms with Crippen molar-refractivity contribution in [3.8, 4) is 0 Å². The monoisotopic (exact) mass is 321 g/mol. The first kappa shape index (κ1) is 13.6. The maximum Gasteiger partial charge on any atom is 0.0210 e. The Labute approximate surface area is 125 Å². The molecule has 1 saturated heterocycles. The number of halogens is 1. The van der Waals surface area contributed by atoms with Gasteiger partial charge in [-0.2, -0.15) is 0 Å². The Balaban J connectivity index is 1.99. The van der Waals surface area contributed by atoms with E-state index in [-0.39, 0.29) is 0 Å². The van der Waals surface area contributed by atoms with Gasteiger partial charge in [0.05, 0.1) is 0 Å². The molecule has 2 aliphatic rings. The Morgan fingerprint density at radius 2 is 2.05 bits per heavy atom. The van der Waals surface area contributed by atoms with Crippen molar-refractivity contribution < 1.29 is 0 Å². The van der Waals surface area contributed by atoms with Gasteiger partial charge in [0, 0.05) is 16.9 Å². The quantitative estimate of drug-likeness (QED) is 0.789. The van der Waals surface area contributed by atoms with E-state index in [4.69, 9.17) is 0 Å². The molecule has 1 aliphatic heterocycles. The average molecular weight is 322 g/mol. The molecule has 104 valence electrons. The molecule has 1 saturated carbocycles. The van der Waals surface area contributed by atoms with Crippen LogP contribution in [0.3, 0.4) is 0 Å². The summed E-state index contributed by atoms with van der Waals surface area (Å²) >= 11 is 3.77. The van der Waals surface area contributed by atoms with Crippen molar-refractivity contribution >= 4 is 15.9 Å². The van der Waals surface area contributed by atoms with Gasteiger partial charge in [-0.05, 0) is 42.3 Å². The molecule has 1 N–H and O–H groups in total. The molecule has 1 heterocycles. The summed E-state index contributed by atoms with van der Waals surface area (Å²) in [6.45, 7) is 4.84. The Bertz CT molecular complexity index is 439. The Morgan fingerprint density at radius 3 is 2.84 bits per heavy atom. The predicted molar refractivity (Wildman–Crippen MR) is 84.4 cm³/mol. The zero-order valence-electron chi connectivity index (χ0n) is 11.8. The number of nitrogens with one attached hydrogen (secondary N) is 1. The van der Waals surface area contributed by atoms with Crippen molar-refractivity contribution in [2.24, 2.45) is 11.3 Å². The summed E-state index contributed by atoms with van der Waals surface area (Å²) in [5.41, 5.74) is 2.05. The number of piperidine rings is 1. The normalized spacial score (nSPS) is 35.5. The molecule has 3 atom stereocenters. The van der Waals surface area contributed by atoms with Crippen molar-refractivity contribution in [3.05, 3.63) is 34.3 Å². The first-order chi connectivity index (χ1) is 9.24. The second kappa shape index (κ2) is 5.57. The second-order valence-electron chi connectivity index (χ2n) is 6.41. The maximum atomic E-state index is 3.77. The van der Waals surface area contributed by atoms with E-state index >= 15 is 0 Å². The van der Waals surface area contributed by atoms with Crippen molar-refractivity contribution in [2.75, 3.05) is 13.1 Å². The summed E-state index contributed by atoms with van der Waals surface area (Å²) in [7, 11) is 0. The summed E-state index contributed by atoms with van der Waals surface area (Å²) in [5, 5.41) is 3.63. The van der Waals surface area contributed by atoms with Crippen LogP contribution in [-0.4, -0.2) is 13.1 Å². The van der Waals surface area contributed by atoms with Gasteiger partial charge < -0.3 is 5.32 Å². The van der Waals surface area contributed by atoms with Gasteiger partial charge >= 0.3 is 0 Å². The largest absolute Gasteiger partial charge is 0.316 e. The molecule has 3 unspecified atom stereocenters. The highest BCUT2D eigenvalue weighted by molar-refractivity contribution is 9.10. The highest BCUT2D eigenvalue weighted by Crippen LogP contribution is 2.54. The SMILES string of the molecule is CC1CCCCC12CCNCC2c1ccccc1Br. The second-order valence-corrected chi connectivity index (χ2v) is 7.26. The van der Waals surface area contributed by atoms with E-state index in [1.807, 2.05) is 0 Å². The van der Waals surface area contributed by atoms with Gasteiger partial charge in [-0.1, -0.05) is 60.3 Å². The first-order valence-corrected chi connectivity index (χ1v) is 8.48. The molecule has 1 spiro atoms. The fourth-order valence-corrected chi connectivity index (χ4v) is 5.01. The van der Waals surface area contributed by atoms with E-state index in [1.165, 1.54) is 48.7 Å². The summed E-state index contributed by atoms with van der Waals surface area (Å²) in [4.78, 5) is 0. The molecule has 1 aromatic carbocycles. The standard InChI is InChI=1S/C17H24BrN/c1-13-6-4-5-9-17(13)10-11-19-12-15(17)14-7-2-3-8-16(14)18/h2-3,7-8,13,15,19H,4-6,9-12H2,1H3. The van der Waals surface area contributed by atoms with Crippen molar-refractivity contribution in [3.63, 3.8) is 0 Å². The Hall–Kier alpha value is -0.340. The van der Waals surface area contributed by atoms with E-state index in [0.717, 1.165) is 12.5 Å². The highest BCUT2D eigenvalue weighted by atomic mass is 79.9. The Kier molecular flexibility index (Phi) is 4.00. The van der Waals surface area contributed by atoms with Gasteiger partial charge in [-0.25, -0.2) is 0 Å². The fourth-order valence-electron chi connectivity index (χ4n) is 4.45. The molecule has 3 rings (SSSR count). The van der Waals surface area contributed by atoms with Gasteiger partial charge in [0.2, 0.25) is 0 Å². The molecule has 1 nitrogen and oxygen atoms in total. The summed E-state index contributed by atoms with van der Waals surface area (Å²) in [6, 6.07) is 8.84.